The second kappa shape index (κ2) is 8.83. The topological polar surface area (TPSA) is 72.4 Å². The largest absolute Gasteiger partial charge is 0.436 e. The fraction of sp³-hybridized carbons (Fsp3) is 0.0476. The molecule has 0 spiro atoms. The Morgan fingerprint density at radius 2 is 1.81 bits per heavy atom. The minimum atomic E-state index is -0.767. The van der Waals surface area contributed by atoms with Crippen molar-refractivity contribution < 1.29 is 23.1 Å². The average Bonchev–Trinajstić information content (AvgIpc) is 3.01. The first kappa shape index (κ1) is 21.0. The molecule has 2 heterocycles. The van der Waals surface area contributed by atoms with E-state index in [0.29, 0.717) is 11.3 Å². The van der Waals surface area contributed by atoms with E-state index in [0.717, 1.165) is 22.9 Å². The Kier molecular flexibility index (Phi) is 5.97. The van der Waals surface area contributed by atoms with Crippen LogP contribution in [0.1, 0.15) is 11.1 Å². The Morgan fingerprint density at radius 3 is 2.55 bits per heavy atom. The van der Waals surface area contributed by atoms with Gasteiger partial charge in [0.25, 0.3) is 17.0 Å². The van der Waals surface area contributed by atoms with Gasteiger partial charge in [0.2, 0.25) is 11.1 Å². The van der Waals surface area contributed by atoms with Crippen LogP contribution in [0.2, 0.25) is 5.28 Å². The molecule has 0 atom stereocenters. The number of halogens is 3. The van der Waals surface area contributed by atoms with Crippen molar-refractivity contribution in [3.8, 4) is 11.6 Å². The fourth-order valence-electron chi connectivity index (χ4n) is 2.73. The van der Waals surface area contributed by atoms with Crippen molar-refractivity contribution in [3.63, 3.8) is 0 Å². The summed E-state index contributed by atoms with van der Waals surface area (Å²) in [7, 11) is 0. The normalized spacial score (nSPS) is 15.1. The highest BCUT2D eigenvalue weighted by atomic mass is 35.5. The summed E-state index contributed by atoms with van der Waals surface area (Å²) in [5.74, 6) is -1.78. The Morgan fingerprint density at radius 1 is 1.06 bits per heavy atom. The van der Waals surface area contributed by atoms with Crippen LogP contribution in [0, 0.1) is 11.6 Å². The van der Waals surface area contributed by atoms with Crippen molar-refractivity contribution >= 4 is 40.6 Å². The summed E-state index contributed by atoms with van der Waals surface area (Å²) < 4.78 is 32.9. The van der Waals surface area contributed by atoms with Gasteiger partial charge in [-0.2, -0.15) is 9.37 Å². The molecule has 31 heavy (non-hydrogen) atoms. The number of carbonyl (C=O) groups is 2. The van der Waals surface area contributed by atoms with Gasteiger partial charge >= 0.3 is 0 Å². The Hall–Kier alpha value is -3.30. The van der Waals surface area contributed by atoms with E-state index in [1.807, 2.05) is 0 Å². The van der Waals surface area contributed by atoms with Crippen LogP contribution in [0.15, 0.2) is 59.6 Å². The Labute approximate surface area is 184 Å². The molecule has 1 saturated heterocycles. The molecular weight excluding hydrogens is 448 g/mol. The molecular formula is C21H12ClF2N3O3S. The average molecular weight is 460 g/mol. The molecule has 1 aliphatic rings. The Balaban J connectivity index is 1.48. The number of benzene rings is 2. The zero-order chi connectivity index (χ0) is 22.0. The number of carbonyl (C=O) groups excluding carboxylic acids is 2. The van der Waals surface area contributed by atoms with Gasteiger partial charge in [0.1, 0.15) is 11.6 Å². The maximum absolute atomic E-state index is 13.9. The van der Waals surface area contributed by atoms with Crippen LogP contribution in [-0.2, 0) is 11.3 Å². The highest BCUT2D eigenvalue weighted by molar-refractivity contribution is 8.18. The van der Waals surface area contributed by atoms with Gasteiger partial charge in [0.05, 0.1) is 17.6 Å². The number of rotatable bonds is 5. The SMILES string of the molecule is O=C1S/C(=C/c2ccc(Oc3nc(Cl)ncc3F)cc2)C(=O)N1Cc1ccccc1F. The van der Waals surface area contributed by atoms with E-state index in [2.05, 4.69) is 9.97 Å². The van der Waals surface area contributed by atoms with E-state index in [1.54, 1.807) is 30.3 Å². The van der Waals surface area contributed by atoms with Crippen molar-refractivity contribution in [1.29, 1.82) is 0 Å². The molecule has 4 rings (SSSR count). The molecule has 3 aromatic rings. The van der Waals surface area contributed by atoms with E-state index in [9.17, 15) is 18.4 Å². The summed E-state index contributed by atoms with van der Waals surface area (Å²) in [5, 5.41) is -0.630. The number of hydrogen-bond acceptors (Lipinski definition) is 6. The van der Waals surface area contributed by atoms with Crippen LogP contribution in [0.3, 0.4) is 0 Å². The minimum Gasteiger partial charge on any atom is -0.436 e. The molecule has 6 nitrogen and oxygen atoms in total. The lowest BCUT2D eigenvalue weighted by Crippen LogP contribution is -2.27. The van der Waals surface area contributed by atoms with E-state index in [-0.39, 0.29) is 28.2 Å². The zero-order valence-electron chi connectivity index (χ0n) is 15.6. The van der Waals surface area contributed by atoms with Crippen LogP contribution >= 0.6 is 23.4 Å². The number of ether oxygens (including phenoxy) is 1. The van der Waals surface area contributed by atoms with E-state index in [4.69, 9.17) is 16.3 Å². The van der Waals surface area contributed by atoms with Gasteiger partial charge in [-0.25, -0.2) is 9.37 Å². The number of imide groups is 1. The molecule has 2 amide bonds. The summed E-state index contributed by atoms with van der Waals surface area (Å²) in [6.45, 7) is -0.144. The second-order valence-electron chi connectivity index (χ2n) is 6.32. The molecule has 0 aliphatic carbocycles. The van der Waals surface area contributed by atoms with Crippen LogP contribution < -0.4 is 4.74 Å². The van der Waals surface area contributed by atoms with Crippen molar-refractivity contribution in [1.82, 2.24) is 14.9 Å². The lowest BCUT2D eigenvalue weighted by molar-refractivity contribution is -0.123. The molecule has 0 saturated carbocycles. The minimum absolute atomic E-state index is 0.144. The summed E-state index contributed by atoms with van der Waals surface area (Å²) >= 11 is 6.41. The number of amides is 2. The van der Waals surface area contributed by atoms with Crippen molar-refractivity contribution in [3.05, 3.63) is 87.7 Å². The van der Waals surface area contributed by atoms with E-state index >= 15 is 0 Å². The smallest absolute Gasteiger partial charge is 0.293 e. The second-order valence-corrected chi connectivity index (χ2v) is 7.65. The molecule has 2 aromatic carbocycles. The standard InChI is InChI=1S/C21H12ClF2N3O3S/c22-20-25-10-16(24)18(26-20)30-14-7-5-12(6-8-14)9-17-19(28)27(21(29)31-17)11-13-3-1-2-4-15(13)23/h1-10H,11H2/b17-9+. The van der Waals surface area contributed by atoms with Gasteiger partial charge in [0, 0.05) is 5.56 Å². The summed E-state index contributed by atoms with van der Waals surface area (Å²) in [4.78, 5) is 33.2. The van der Waals surface area contributed by atoms with Gasteiger partial charge in [-0.1, -0.05) is 30.3 Å². The molecule has 0 N–H and O–H groups in total. The molecule has 0 bridgehead atoms. The fourth-order valence-corrected chi connectivity index (χ4v) is 3.70. The first-order valence-electron chi connectivity index (χ1n) is 8.85. The molecule has 1 fully saturated rings. The molecule has 1 aliphatic heterocycles. The third kappa shape index (κ3) is 4.73. The maximum atomic E-state index is 13.9. The van der Waals surface area contributed by atoms with Crippen LogP contribution in [0.5, 0.6) is 11.6 Å². The predicted molar refractivity (Wildman–Crippen MR) is 111 cm³/mol. The molecule has 156 valence electrons. The maximum Gasteiger partial charge on any atom is 0.293 e. The zero-order valence-corrected chi connectivity index (χ0v) is 17.2. The van der Waals surface area contributed by atoms with Crippen molar-refractivity contribution in [2.24, 2.45) is 0 Å². The summed E-state index contributed by atoms with van der Waals surface area (Å²) in [5.41, 5.74) is 0.870. The van der Waals surface area contributed by atoms with Gasteiger partial charge < -0.3 is 4.74 Å². The van der Waals surface area contributed by atoms with Crippen LogP contribution in [-0.4, -0.2) is 26.0 Å². The lowest BCUT2D eigenvalue weighted by atomic mass is 10.2. The monoisotopic (exact) mass is 459 g/mol. The highest BCUT2D eigenvalue weighted by Gasteiger charge is 2.35. The third-order valence-corrected chi connectivity index (χ3v) is 5.32. The van der Waals surface area contributed by atoms with Gasteiger partial charge in [0.15, 0.2) is 0 Å². The quantitative estimate of drug-likeness (QED) is 0.374. The Bertz CT molecular complexity index is 1200. The van der Waals surface area contributed by atoms with Crippen LogP contribution in [0.25, 0.3) is 6.08 Å². The molecule has 0 unspecified atom stereocenters. The number of thioether (sulfide) groups is 1. The van der Waals surface area contributed by atoms with Gasteiger partial charge in [-0.05, 0) is 53.2 Å². The highest BCUT2D eigenvalue weighted by Crippen LogP contribution is 2.34. The van der Waals surface area contributed by atoms with E-state index in [1.165, 1.54) is 24.3 Å². The van der Waals surface area contributed by atoms with Crippen molar-refractivity contribution in [2.45, 2.75) is 6.54 Å². The predicted octanol–water partition coefficient (Wildman–Crippen LogP) is 5.44. The molecule has 10 heteroatoms. The van der Waals surface area contributed by atoms with Crippen LogP contribution in [0.4, 0.5) is 13.6 Å². The first-order valence-corrected chi connectivity index (χ1v) is 10.0. The number of hydrogen-bond donors (Lipinski definition) is 0. The molecule has 0 radical (unpaired) electrons. The number of aromatic nitrogens is 2. The third-order valence-electron chi connectivity index (χ3n) is 4.23. The lowest BCUT2D eigenvalue weighted by Gasteiger charge is -2.12. The molecule has 1 aromatic heterocycles. The summed E-state index contributed by atoms with van der Waals surface area (Å²) in [6.07, 6.45) is 2.44. The number of nitrogens with zero attached hydrogens (tertiary/aromatic N) is 3. The van der Waals surface area contributed by atoms with Crippen molar-refractivity contribution in [2.75, 3.05) is 0 Å². The van der Waals surface area contributed by atoms with Gasteiger partial charge in [-0.15, -0.1) is 0 Å². The summed E-state index contributed by atoms with van der Waals surface area (Å²) in [6, 6.07) is 12.3. The van der Waals surface area contributed by atoms with Gasteiger partial charge in [-0.3, -0.25) is 14.5 Å². The van der Waals surface area contributed by atoms with E-state index < -0.39 is 22.8 Å². The first-order chi connectivity index (χ1) is 14.9.